The first kappa shape index (κ1) is 16.4. The van der Waals surface area contributed by atoms with Crippen molar-refractivity contribution in [2.45, 2.75) is 6.18 Å². The molecule has 2 rings (SSSR count). The highest BCUT2D eigenvalue weighted by Gasteiger charge is 2.31. The van der Waals surface area contributed by atoms with Crippen molar-refractivity contribution in [3.8, 4) is 17.4 Å². The van der Waals surface area contributed by atoms with Gasteiger partial charge in [-0.05, 0) is 18.2 Å². The zero-order valence-electron chi connectivity index (χ0n) is 11.4. The summed E-state index contributed by atoms with van der Waals surface area (Å²) in [5, 5.41) is -0.238. The van der Waals surface area contributed by atoms with E-state index in [0.29, 0.717) is 17.7 Å². The monoisotopic (exact) mass is 333 g/mol. The van der Waals surface area contributed by atoms with Crippen LogP contribution in [0.15, 0.2) is 36.5 Å². The Labute approximate surface area is 129 Å². The first-order chi connectivity index (χ1) is 10.4. The normalized spacial score (nSPS) is 11.3. The molecular weight excluding hydrogens is 323 g/mol. The fraction of sp³-hybridized carbons (Fsp3) is 0.214. The number of benzene rings is 1. The molecule has 1 aromatic heterocycles. The van der Waals surface area contributed by atoms with Crippen molar-refractivity contribution in [3.05, 3.63) is 47.1 Å². The molecule has 1 aromatic carbocycles. The SMILES string of the molecule is COCOc1cccc(Oc2ncc(C(F)(F)F)cc2Cl)c1. The molecular formula is C14H11ClF3NO3. The second kappa shape index (κ2) is 6.85. The van der Waals surface area contributed by atoms with Crippen molar-refractivity contribution in [2.24, 2.45) is 0 Å². The third-order valence-electron chi connectivity index (χ3n) is 2.50. The molecule has 4 nitrogen and oxygen atoms in total. The molecule has 0 amide bonds. The maximum Gasteiger partial charge on any atom is 0.417 e. The summed E-state index contributed by atoms with van der Waals surface area (Å²) in [5.41, 5.74) is -0.943. The van der Waals surface area contributed by atoms with Crippen molar-refractivity contribution in [1.29, 1.82) is 0 Å². The van der Waals surface area contributed by atoms with Crippen LogP contribution in [0.25, 0.3) is 0 Å². The predicted molar refractivity (Wildman–Crippen MR) is 73.3 cm³/mol. The van der Waals surface area contributed by atoms with Crippen LogP contribution >= 0.6 is 11.6 Å². The molecule has 1 heterocycles. The number of halogens is 4. The number of nitrogens with zero attached hydrogens (tertiary/aromatic N) is 1. The summed E-state index contributed by atoms with van der Waals surface area (Å²) in [4.78, 5) is 3.59. The number of ether oxygens (including phenoxy) is 3. The molecule has 0 radical (unpaired) electrons. The van der Waals surface area contributed by atoms with Crippen molar-refractivity contribution in [3.63, 3.8) is 0 Å². The molecule has 0 unspecified atom stereocenters. The lowest BCUT2D eigenvalue weighted by Gasteiger charge is -2.11. The minimum Gasteiger partial charge on any atom is -0.467 e. The van der Waals surface area contributed by atoms with Crippen LogP contribution in [-0.4, -0.2) is 18.9 Å². The standard InChI is InChI=1S/C14H11ClF3NO3/c1-20-8-21-10-3-2-4-11(6-10)22-13-12(15)5-9(7-19-13)14(16,17)18/h2-7H,8H2,1H3. The van der Waals surface area contributed by atoms with Crippen LogP contribution < -0.4 is 9.47 Å². The largest absolute Gasteiger partial charge is 0.467 e. The van der Waals surface area contributed by atoms with Gasteiger partial charge in [0.2, 0.25) is 5.88 Å². The lowest BCUT2D eigenvalue weighted by molar-refractivity contribution is -0.137. The van der Waals surface area contributed by atoms with Gasteiger partial charge < -0.3 is 14.2 Å². The Bertz CT molecular complexity index is 649. The van der Waals surface area contributed by atoms with Crippen molar-refractivity contribution >= 4 is 11.6 Å². The molecule has 0 aliphatic carbocycles. The third-order valence-corrected chi connectivity index (χ3v) is 2.77. The van der Waals surface area contributed by atoms with Crippen LogP contribution in [-0.2, 0) is 10.9 Å². The smallest absolute Gasteiger partial charge is 0.417 e. The van der Waals surface area contributed by atoms with Crippen LogP contribution in [0.5, 0.6) is 17.4 Å². The highest BCUT2D eigenvalue weighted by molar-refractivity contribution is 6.31. The summed E-state index contributed by atoms with van der Waals surface area (Å²) >= 11 is 5.77. The number of alkyl halides is 3. The van der Waals surface area contributed by atoms with E-state index in [4.69, 9.17) is 25.8 Å². The number of rotatable bonds is 5. The molecule has 0 bridgehead atoms. The molecule has 0 aliphatic rings. The van der Waals surface area contributed by atoms with Gasteiger partial charge in [0.1, 0.15) is 16.5 Å². The molecule has 0 saturated heterocycles. The molecule has 2 aromatic rings. The molecule has 0 fully saturated rings. The van der Waals surface area contributed by atoms with Gasteiger partial charge in [0, 0.05) is 19.4 Å². The Morgan fingerprint density at radius 2 is 1.91 bits per heavy atom. The molecule has 0 saturated carbocycles. The maximum absolute atomic E-state index is 12.5. The number of hydrogen-bond donors (Lipinski definition) is 0. The molecule has 118 valence electrons. The molecule has 0 aliphatic heterocycles. The highest BCUT2D eigenvalue weighted by atomic mass is 35.5. The summed E-state index contributed by atoms with van der Waals surface area (Å²) in [5.74, 6) is 0.670. The van der Waals surface area contributed by atoms with Crippen LogP contribution in [0.2, 0.25) is 5.02 Å². The van der Waals surface area contributed by atoms with Gasteiger partial charge in [0.15, 0.2) is 6.79 Å². The number of pyridine rings is 1. The Hall–Kier alpha value is -1.99. The van der Waals surface area contributed by atoms with Gasteiger partial charge in [0.25, 0.3) is 0 Å². The minimum atomic E-state index is -4.51. The van der Waals surface area contributed by atoms with Gasteiger partial charge in [0.05, 0.1) is 5.56 Å². The number of methoxy groups -OCH3 is 1. The van der Waals surface area contributed by atoms with E-state index in [9.17, 15) is 13.2 Å². The topological polar surface area (TPSA) is 40.6 Å². The van der Waals surface area contributed by atoms with Gasteiger partial charge >= 0.3 is 6.18 Å². The Morgan fingerprint density at radius 3 is 2.55 bits per heavy atom. The summed E-state index contributed by atoms with van der Waals surface area (Å²) in [6.07, 6.45) is -3.85. The summed E-state index contributed by atoms with van der Waals surface area (Å²) < 4.78 is 52.9. The Balaban J connectivity index is 2.17. The van der Waals surface area contributed by atoms with Crippen LogP contribution in [0.4, 0.5) is 13.2 Å². The number of hydrogen-bond acceptors (Lipinski definition) is 4. The van der Waals surface area contributed by atoms with E-state index < -0.39 is 11.7 Å². The van der Waals surface area contributed by atoms with Crippen molar-refractivity contribution in [2.75, 3.05) is 13.9 Å². The summed E-state index contributed by atoms with van der Waals surface area (Å²) in [6, 6.07) is 7.21. The van der Waals surface area contributed by atoms with Crippen LogP contribution in [0, 0.1) is 0 Å². The first-order valence-corrected chi connectivity index (χ1v) is 6.40. The first-order valence-electron chi connectivity index (χ1n) is 6.02. The van der Waals surface area contributed by atoms with Crippen LogP contribution in [0.1, 0.15) is 5.56 Å². The predicted octanol–water partition coefficient (Wildman–Crippen LogP) is 4.53. The summed E-state index contributed by atoms with van der Waals surface area (Å²) in [6.45, 7) is 0.0583. The van der Waals surface area contributed by atoms with E-state index in [2.05, 4.69) is 4.98 Å². The second-order valence-electron chi connectivity index (χ2n) is 4.14. The zero-order chi connectivity index (χ0) is 16.2. The van der Waals surface area contributed by atoms with E-state index in [1.807, 2.05) is 0 Å². The zero-order valence-corrected chi connectivity index (χ0v) is 12.1. The van der Waals surface area contributed by atoms with E-state index in [0.717, 1.165) is 6.07 Å². The number of aromatic nitrogens is 1. The van der Waals surface area contributed by atoms with Gasteiger partial charge in [-0.3, -0.25) is 0 Å². The molecule has 0 atom stereocenters. The van der Waals surface area contributed by atoms with E-state index in [1.165, 1.54) is 13.2 Å². The van der Waals surface area contributed by atoms with Gasteiger partial charge in [-0.25, -0.2) is 4.98 Å². The second-order valence-corrected chi connectivity index (χ2v) is 4.54. The summed E-state index contributed by atoms with van der Waals surface area (Å²) in [7, 11) is 1.48. The Kier molecular flexibility index (Phi) is 5.10. The molecule has 22 heavy (non-hydrogen) atoms. The average Bonchev–Trinajstić information content (AvgIpc) is 2.46. The molecule has 8 heteroatoms. The quantitative estimate of drug-likeness (QED) is 0.754. The highest BCUT2D eigenvalue weighted by Crippen LogP contribution is 2.35. The molecule has 0 N–H and O–H groups in total. The van der Waals surface area contributed by atoms with E-state index >= 15 is 0 Å². The lowest BCUT2D eigenvalue weighted by atomic mass is 10.3. The van der Waals surface area contributed by atoms with Gasteiger partial charge in [-0.15, -0.1) is 0 Å². The third kappa shape index (κ3) is 4.25. The van der Waals surface area contributed by atoms with Gasteiger partial charge in [-0.1, -0.05) is 17.7 Å². The Morgan fingerprint density at radius 1 is 1.18 bits per heavy atom. The van der Waals surface area contributed by atoms with E-state index in [1.54, 1.807) is 18.2 Å². The van der Waals surface area contributed by atoms with Crippen LogP contribution in [0.3, 0.4) is 0 Å². The van der Waals surface area contributed by atoms with E-state index in [-0.39, 0.29) is 17.7 Å². The molecule has 0 spiro atoms. The van der Waals surface area contributed by atoms with Crippen molar-refractivity contribution in [1.82, 2.24) is 4.98 Å². The fourth-order valence-electron chi connectivity index (χ4n) is 1.52. The van der Waals surface area contributed by atoms with Gasteiger partial charge in [-0.2, -0.15) is 13.2 Å². The van der Waals surface area contributed by atoms with Crippen molar-refractivity contribution < 1.29 is 27.4 Å². The average molecular weight is 334 g/mol. The lowest BCUT2D eigenvalue weighted by Crippen LogP contribution is -2.05. The minimum absolute atomic E-state index is 0.0583. The maximum atomic E-state index is 12.5. The fourth-order valence-corrected chi connectivity index (χ4v) is 1.73.